The van der Waals surface area contributed by atoms with Gasteiger partial charge >= 0.3 is 0 Å². The lowest BCUT2D eigenvalue weighted by Crippen LogP contribution is -1.82. The minimum Gasteiger partial charge on any atom is -0.300 e. The lowest BCUT2D eigenvalue weighted by atomic mass is 10.1. The van der Waals surface area contributed by atoms with Crippen molar-refractivity contribution >= 4 is 16.7 Å². The molecule has 2 nitrogen and oxygen atoms in total. The third kappa shape index (κ3) is 2.15. The van der Waals surface area contributed by atoms with Crippen molar-refractivity contribution in [2.45, 2.75) is 0 Å². The minimum atomic E-state index is 0.959. The van der Waals surface area contributed by atoms with E-state index in [1.54, 1.807) is 0 Å². The minimum absolute atomic E-state index is 0.959. The molecule has 0 atom stereocenters. The highest BCUT2D eigenvalue weighted by molar-refractivity contribution is 5.81. The molecule has 0 aliphatic carbocycles. The summed E-state index contributed by atoms with van der Waals surface area (Å²) in [7, 11) is 0. The molecule has 2 heteroatoms. The van der Waals surface area contributed by atoms with Gasteiger partial charge in [-0.25, -0.2) is 4.98 Å². The van der Waals surface area contributed by atoms with Crippen LogP contribution in [0.4, 0.5) is 0 Å². The van der Waals surface area contributed by atoms with Crippen LogP contribution in [0.15, 0.2) is 72.9 Å². The van der Waals surface area contributed by atoms with E-state index in [0.717, 1.165) is 27.8 Å². The van der Waals surface area contributed by atoms with Crippen LogP contribution in [0.25, 0.3) is 16.7 Å². The van der Waals surface area contributed by atoms with E-state index in [-0.39, 0.29) is 0 Å². The molecule has 0 bridgehead atoms. The first-order chi connectivity index (χ1) is 10.4. The average Bonchev–Trinajstić information content (AvgIpc) is 2.92. The van der Waals surface area contributed by atoms with Crippen LogP contribution in [-0.2, 0) is 0 Å². The molecule has 4 rings (SSSR count). The first-order valence-corrected chi connectivity index (χ1v) is 6.84. The standard InChI is InChI=1S/C19H12N2/c1-2-6-15(7-3-1)9-10-16-11-12-17-18(14-16)21-13-5-4-8-19(21)20-17/h1-8,11-14H. The van der Waals surface area contributed by atoms with Gasteiger partial charge < -0.3 is 0 Å². The quantitative estimate of drug-likeness (QED) is 0.442. The molecule has 0 N–H and O–H groups in total. The molecule has 0 aliphatic heterocycles. The maximum Gasteiger partial charge on any atom is 0.137 e. The summed E-state index contributed by atoms with van der Waals surface area (Å²) in [5, 5.41) is 0. The Bertz CT molecular complexity index is 986. The zero-order chi connectivity index (χ0) is 14.1. The van der Waals surface area contributed by atoms with E-state index >= 15 is 0 Å². The van der Waals surface area contributed by atoms with Crippen molar-refractivity contribution in [1.29, 1.82) is 0 Å². The monoisotopic (exact) mass is 268 g/mol. The molecule has 2 aromatic heterocycles. The second kappa shape index (κ2) is 4.81. The van der Waals surface area contributed by atoms with Gasteiger partial charge in [-0.3, -0.25) is 4.40 Å². The van der Waals surface area contributed by atoms with E-state index in [1.165, 1.54) is 0 Å². The van der Waals surface area contributed by atoms with Gasteiger partial charge in [0.05, 0.1) is 11.0 Å². The molecule has 2 heterocycles. The van der Waals surface area contributed by atoms with Crippen LogP contribution in [0.5, 0.6) is 0 Å². The van der Waals surface area contributed by atoms with Crippen molar-refractivity contribution in [2.24, 2.45) is 0 Å². The number of imidazole rings is 1. The number of hydrogen-bond donors (Lipinski definition) is 0. The fraction of sp³-hybridized carbons (Fsp3) is 0. The highest BCUT2D eigenvalue weighted by Crippen LogP contribution is 2.17. The Morgan fingerprint density at radius 3 is 2.48 bits per heavy atom. The van der Waals surface area contributed by atoms with Gasteiger partial charge in [0, 0.05) is 17.3 Å². The van der Waals surface area contributed by atoms with Gasteiger partial charge in [0.25, 0.3) is 0 Å². The van der Waals surface area contributed by atoms with Crippen LogP contribution in [0, 0.1) is 11.8 Å². The van der Waals surface area contributed by atoms with E-state index < -0.39 is 0 Å². The topological polar surface area (TPSA) is 17.3 Å². The predicted octanol–water partition coefficient (Wildman–Crippen LogP) is 3.89. The molecule has 0 radical (unpaired) electrons. The van der Waals surface area contributed by atoms with Gasteiger partial charge in [0.2, 0.25) is 0 Å². The summed E-state index contributed by atoms with van der Waals surface area (Å²) >= 11 is 0. The van der Waals surface area contributed by atoms with Crippen LogP contribution < -0.4 is 0 Å². The molecule has 0 saturated heterocycles. The molecular weight excluding hydrogens is 256 g/mol. The summed E-state index contributed by atoms with van der Waals surface area (Å²) in [6.07, 6.45) is 2.03. The van der Waals surface area contributed by atoms with Gasteiger partial charge in [0.15, 0.2) is 0 Å². The molecule has 0 saturated carbocycles. The molecule has 0 spiro atoms. The Labute approximate surface area is 122 Å². The maximum atomic E-state index is 4.59. The first kappa shape index (κ1) is 11.7. The van der Waals surface area contributed by atoms with Crippen LogP contribution in [0.3, 0.4) is 0 Å². The van der Waals surface area contributed by atoms with E-state index in [9.17, 15) is 0 Å². The zero-order valence-electron chi connectivity index (χ0n) is 11.3. The smallest absolute Gasteiger partial charge is 0.137 e. The predicted molar refractivity (Wildman–Crippen MR) is 85.1 cm³/mol. The van der Waals surface area contributed by atoms with Crippen molar-refractivity contribution < 1.29 is 0 Å². The summed E-state index contributed by atoms with van der Waals surface area (Å²) < 4.78 is 2.09. The van der Waals surface area contributed by atoms with Crippen LogP contribution in [-0.4, -0.2) is 9.38 Å². The van der Waals surface area contributed by atoms with E-state index in [0.29, 0.717) is 0 Å². The van der Waals surface area contributed by atoms with Gasteiger partial charge in [-0.15, -0.1) is 0 Å². The Hall–Kier alpha value is -3.05. The highest BCUT2D eigenvalue weighted by Gasteiger charge is 2.03. The van der Waals surface area contributed by atoms with Gasteiger partial charge in [-0.1, -0.05) is 36.1 Å². The number of aromatic nitrogens is 2. The fourth-order valence-electron chi connectivity index (χ4n) is 2.41. The molecule has 0 fully saturated rings. The molecule has 0 amide bonds. The Kier molecular flexibility index (Phi) is 2.69. The number of hydrogen-bond acceptors (Lipinski definition) is 1. The fourth-order valence-corrected chi connectivity index (χ4v) is 2.41. The Morgan fingerprint density at radius 2 is 1.57 bits per heavy atom. The summed E-state index contributed by atoms with van der Waals surface area (Å²) in [5.41, 5.74) is 5.06. The van der Waals surface area contributed by atoms with Crippen LogP contribution in [0.2, 0.25) is 0 Å². The summed E-state index contributed by atoms with van der Waals surface area (Å²) in [5.74, 6) is 6.40. The molecular formula is C19H12N2. The number of pyridine rings is 1. The molecule has 21 heavy (non-hydrogen) atoms. The molecule has 98 valence electrons. The number of rotatable bonds is 0. The molecule has 0 aliphatic rings. The molecule has 0 unspecified atom stereocenters. The second-order valence-corrected chi connectivity index (χ2v) is 4.86. The molecule has 2 aromatic carbocycles. The third-order valence-corrected chi connectivity index (χ3v) is 3.43. The van der Waals surface area contributed by atoms with Crippen molar-refractivity contribution in [1.82, 2.24) is 9.38 Å². The normalized spacial score (nSPS) is 10.5. The van der Waals surface area contributed by atoms with Crippen molar-refractivity contribution in [3.8, 4) is 11.8 Å². The van der Waals surface area contributed by atoms with Gasteiger partial charge in [-0.05, 0) is 42.5 Å². The highest BCUT2D eigenvalue weighted by atomic mass is 15.0. The lowest BCUT2D eigenvalue weighted by Gasteiger charge is -1.95. The largest absolute Gasteiger partial charge is 0.300 e. The lowest BCUT2D eigenvalue weighted by molar-refractivity contribution is 1.23. The molecule has 4 aromatic rings. The summed E-state index contributed by atoms with van der Waals surface area (Å²) in [6, 6.07) is 22.2. The van der Waals surface area contributed by atoms with Crippen molar-refractivity contribution in [3.05, 3.63) is 84.1 Å². The van der Waals surface area contributed by atoms with Crippen LogP contribution in [0.1, 0.15) is 11.1 Å². The first-order valence-electron chi connectivity index (χ1n) is 6.84. The number of benzene rings is 2. The van der Waals surface area contributed by atoms with E-state index in [4.69, 9.17) is 0 Å². The Morgan fingerprint density at radius 1 is 0.762 bits per heavy atom. The summed E-state index contributed by atoms with van der Waals surface area (Å²) in [4.78, 5) is 4.59. The Balaban J connectivity index is 1.84. The number of nitrogens with zero attached hydrogens (tertiary/aromatic N) is 2. The van der Waals surface area contributed by atoms with E-state index in [2.05, 4.69) is 27.3 Å². The SMILES string of the molecule is C(#Cc1ccc2nc3ccccn3c2c1)c1ccccc1. The second-order valence-electron chi connectivity index (χ2n) is 4.86. The van der Waals surface area contributed by atoms with Crippen molar-refractivity contribution in [2.75, 3.05) is 0 Å². The third-order valence-electron chi connectivity index (χ3n) is 3.43. The summed E-state index contributed by atoms with van der Waals surface area (Å²) in [6.45, 7) is 0. The maximum absolute atomic E-state index is 4.59. The van der Waals surface area contributed by atoms with Gasteiger partial charge in [-0.2, -0.15) is 0 Å². The van der Waals surface area contributed by atoms with Crippen molar-refractivity contribution in [3.63, 3.8) is 0 Å². The van der Waals surface area contributed by atoms with Crippen LogP contribution >= 0.6 is 0 Å². The number of fused-ring (bicyclic) bond motifs is 3. The van der Waals surface area contributed by atoms with E-state index in [1.807, 2.05) is 66.9 Å². The van der Waals surface area contributed by atoms with Gasteiger partial charge in [0.1, 0.15) is 5.65 Å². The average molecular weight is 268 g/mol. The zero-order valence-corrected chi connectivity index (χ0v) is 11.3.